The molecule has 1 atom stereocenters. The highest BCUT2D eigenvalue weighted by Crippen LogP contribution is 2.35. The van der Waals surface area contributed by atoms with Crippen molar-refractivity contribution in [3.63, 3.8) is 0 Å². The fourth-order valence-electron chi connectivity index (χ4n) is 2.74. The molecule has 1 fully saturated rings. The zero-order chi connectivity index (χ0) is 12.3. The van der Waals surface area contributed by atoms with Gasteiger partial charge >= 0.3 is 0 Å². The van der Waals surface area contributed by atoms with E-state index in [2.05, 4.69) is 19.2 Å². The summed E-state index contributed by atoms with van der Waals surface area (Å²) < 4.78 is 0. The molecule has 1 aliphatic carbocycles. The largest absolute Gasteiger partial charge is 0.330 e. The van der Waals surface area contributed by atoms with Gasteiger partial charge in [0.25, 0.3) is 0 Å². The van der Waals surface area contributed by atoms with Crippen molar-refractivity contribution in [2.75, 3.05) is 6.54 Å². The first-order valence-electron chi connectivity index (χ1n) is 6.87. The highest BCUT2D eigenvalue weighted by molar-refractivity contribution is 7.09. The Morgan fingerprint density at radius 3 is 2.65 bits per heavy atom. The summed E-state index contributed by atoms with van der Waals surface area (Å²) in [4.78, 5) is 4.86. The van der Waals surface area contributed by atoms with E-state index in [0.29, 0.717) is 18.4 Å². The first-order chi connectivity index (χ1) is 8.22. The number of rotatable bonds is 4. The molecule has 96 valence electrons. The molecule has 2 nitrogen and oxygen atoms in total. The topological polar surface area (TPSA) is 38.9 Å². The van der Waals surface area contributed by atoms with Crippen LogP contribution < -0.4 is 5.73 Å². The third-order valence-electron chi connectivity index (χ3n) is 3.93. The molecule has 2 N–H and O–H groups in total. The average Bonchev–Trinajstić information content (AvgIpc) is 2.80. The minimum atomic E-state index is 0.434. The van der Waals surface area contributed by atoms with Crippen LogP contribution >= 0.6 is 11.3 Å². The molecule has 1 heterocycles. The zero-order valence-electron chi connectivity index (χ0n) is 11.0. The predicted molar refractivity (Wildman–Crippen MR) is 74.6 cm³/mol. The van der Waals surface area contributed by atoms with E-state index in [-0.39, 0.29) is 0 Å². The molecule has 0 spiro atoms. The maximum Gasteiger partial charge on any atom is 0.0959 e. The van der Waals surface area contributed by atoms with Gasteiger partial charge in [0.05, 0.1) is 10.7 Å². The van der Waals surface area contributed by atoms with Crippen molar-refractivity contribution < 1.29 is 0 Å². The first-order valence-corrected chi connectivity index (χ1v) is 7.75. The standard InChI is InChI=1S/C14H24N2S/c1-10(2)12(8-15)13-9-17-14(16-13)11-6-4-3-5-7-11/h9-12H,3-8,15H2,1-2H3. The predicted octanol–water partition coefficient (Wildman–Crippen LogP) is 3.89. The molecule has 1 aromatic rings. The molecule has 1 unspecified atom stereocenters. The van der Waals surface area contributed by atoms with Crippen LogP contribution in [0.5, 0.6) is 0 Å². The van der Waals surface area contributed by atoms with E-state index in [9.17, 15) is 0 Å². The monoisotopic (exact) mass is 252 g/mol. The molecule has 3 heteroatoms. The molecule has 1 aliphatic rings. The Bertz CT molecular complexity index is 340. The van der Waals surface area contributed by atoms with E-state index < -0.39 is 0 Å². The number of hydrogen-bond donors (Lipinski definition) is 1. The van der Waals surface area contributed by atoms with Crippen molar-refractivity contribution in [2.45, 2.75) is 57.8 Å². The van der Waals surface area contributed by atoms with Crippen LogP contribution in [0.1, 0.15) is 68.5 Å². The molecule has 0 aromatic carbocycles. The summed E-state index contributed by atoms with van der Waals surface area (Å²) in [5.41, 5.74) is 7.09. The minimum Gasteiger partial charge on any atom is -0.330 e. The second-order valence-electron chi connectivity index (χ2n) is 5.53. The molecular weight excluding hydrogens is 228 g/mol. The number of nitrogens with zero attached hydrogens (tertiary/aromatic N) is 1. The summed E-state index contributed by atoms with van der Waals surface area (Å²) in [6, 6.07) is 0. The second kappa shape index (κ2) is 5.96. The Kier molecular flexibility index (Phi) is 4.57. The van der Waals surface area contributed by atoms with E-state index in [1.54, 1.807) is 0 Å². The van der Waals surface area contributed by atoms with Crippen LogP contribution in [0, 0.1) is 5.92 Å². The van der Waals surface area contributed by atoms with Gasteiger partial charge in [-0.25, -0.2) is 4.98 Å². The smallest absolute Gasteiger partial charge is 0.0959 e. The summed E-state index contributed by atoms with van der Waals surface area (Å²) in [6.07, 6.45) is 6.84. The van der Waals surface area contributed by atoms with Crippen LogP contribution in [0.4, 0.5) is 0 Å². The van der Waals surface area contributed by atoms with Crippen molar-refractivity contribution in [2.24, 2.45) is 11.7 Å². The van der Waals surface area contributed by atoms with Gasteiger partial charge in [0.15, 0.2) is 0 Å². The number of aromatic nitrogens is 1. The number of nitrogens with two attached hydrogens (primary N) is 1. The normalized spacial score (nSPS) is 19.8. The molecule has 0 aliphatic heterocycles. The minimum absolute atomic E-state index is 0.434. The SMILES string of the molecule is CC(C)C(CN)c1csc(C2CCCCC2)n1. The molecule has 2 rings (SSSR count). The van der Waals surface area contributed by atoms with E-state index in [1.165, 1.54) is 42.8 Å². The quantitative estimate of drug-likeness (QED) is 0.883. The maximum atomic E-state index is 5.86. The van der Waals surface area contributed by atoms with Gasteiger partial charge in [0.1, 0.15) is 0 Å². The molecule has 0 bridgehead atoms. The highest BCUT2D eigenvalue weighted by atomic mass is 32.1. The van der Waals surface area contributed by atoms with E-state index in [1.807, 2.05) is 11.3 Å². The lowest BCUT2D eigenvalue weighted by atomic mass is 9.89. The van der Waals surface area contributed by atoms with Crippen molar-refractivity contribution >= 4 is 11.3 Å². The van der Waals surface area contributed by atoms with E-state index >= 15 is 0 Å². The molecule has 1 saturated carbocycles. The first kappa shape index (κ1) is 13.0. The third-order valence-corrected chi connectivity index (χ3v) is 4.96. The van der Waals surface area contributed by atoms with Crippen LogP contribution in [0.25, 0.3) is 0 Å². The van der Waals surface area contributed by atoms with Crippen LogP contribution in [0.2, 0.25) is 0 Å². The van der Waals surface area contributed by atoms with Gasteiger partial charge in [-0.3, -0.25) is 0 Å². The maximum absolute atomic E-state index is 5.86. The van der Waals surface area contributed by atoms with E-state index in [0.717, 1.165) is 5.92 Å². The average molecular weight is 252 g/mol. The van der Waals surface area contributed by atoms with Gasteiger partial charge < -0.3 is 5.73 Å². The fourth-order valence-corrected chi connectivity index (χ4v) is 3.80. The summed E-state index contributed by atoms with van der Waals surface area (Å²) in [6.45, 7) is 5.18. The Labute approximate surface area is 109 Å². The van der Waals surface area contributed by atoms with E-state index in [4.69, 9.17) is 10.7 Å². The van der Waals surface area contributed by atoms with Gasteiger partial charge in [-0.05, 0) is 18.8 Å². The van der Waals surface area contributed by atoms with Gasteiger partial charge in [-0.2, -0.15) is 0 Å². The third kappa shape index (κ3) is 3.08. The number of hydrogen-bond acceptors (Lipinski definition) is 3. The molecule has 0 saturated heterocycles. The van der Waals surface area contributed by atoms with Gasteiger partial charge in [0, 0.05) is 23.8 Å². The molecule has 0 radical (unpaired) electrons. The Balaban J connectivity index is 2.08. The summed E-state index contributed by atoms with van der Waals surface area (Å²) in [5, 5.41) is 3.60. The summed E-state index contributed by atoms with van der Waals surface area (Å²) in [7, 11) is 0. The zero-order valence-corrected chi connectivity index (χ0v) is 11.8. The molecule has 17 heavy (non-hydrogen) atoms. The lowest BCUT2D eigenvalue weighted by Gasteiger charge is -2.19. The fraction of sp³-hybridized carbons (Fsp3) is 0.786. The molecular formula is C14H24N2S. The van der Waals surface area contributed by atoms with Crippen molar-refractivity contribution in [3.8, 4) is 0 Å². The number of thiazole rings is 1. The van der Waals surface area contributed by atoms with Crippen LogP contribution in [0.3, 0.4) is 0 Å². The lowest BCUT2D eigenvalue weighted by Crippen LogP contribution is -2.18. The second-order valence-corrected chi connectivity index (χ2v) is 6.42. The Hall–Kier alpha value is -0.410. The van der Waals surface area contributed by atoms with Gasteiger partial charge in [0.2, 0.25) is 0 Å². The van der Waals surface area contributed by atoms with Crippen LogP contribution in [-0.2, 0) is 0 Å². The van der Waals surface area contributed by atoms with Crippen molar-refractivity contribution in [3.05, 3.63) is 16.1 Å². The summed E-state index contributed by atoms with van der Waals surface area (Å²) in [5.74, 6) is 1.75. The lowest BCUT2D eigenvalue weighted by molar-refractivity contribution is 0.439. The van der Waals surface area contributed by atoms with Gasteiger partial charge in [-0.1, -0.05) is 33.1 Å². The van der Waals surface area contributed by atoms with Crippen molar-refractivity contribution in [1.82, 2.24) is 4.98 Å². The molecule has 0 amide bonds. The molecule has 1 aromatic heterocycles. The summed E-state index contributed by atoms with van der Waals surface area (Å²) >= 11 is 1.85. The van der Waals surface area contributed by atoms with Crippen LogP contribution in [0.15, 0.2) is 5.38 Å². The Morgan fingerprint density at radius 2 is 2.06 bits per heavy atom. The van der Waals surface area contributed by atoms with Crippen LogP contribution in [-0.4, -0.2) is 11.5 Å². The van der Waals surface area contributed by atoms with Crippen molar-refractivity contribution in [1.29, 1.82) is 0 Å². The highest BCUT2D eigenvalue weighted by Gasteiger charge is 2.22. The Morgan fingerprint density at radius 1 is 1.35 bits per heavy atom. The van der Waals surface area contributed by atoms with Gasteiger partial charge in [-0.15, -0.1) is 11.3 Å².